The first kappa shape index (κ1) is 20.4. The van der Waals surface area contributed by atoms with Gasteiger partial charge in [0, 0.05) is 19.2 Å². The first-order valence-corrected chi connectivity index (χ1v) is 10.0. The van der Waals surface area contributed by atoms with Gasteiger partial charge in [-0.1, -0.05) is 30.7 Å². The molecule has 1 atom stereocenters. The van der Waals surface area contributed by atoms with Crippen LogP contribution in [0.1, 0.15) is 56.2 Å². The summed E-state index contributed by atoms with van der Waals surface area (Å²) >= 11 is 0. The van der Waals surface area contributed by atoms with Gasteiger partial charge in [0.1, 0.15) is 5.75 Å². The van der Waals surface area contributed by atoms with Crippen LogP contribution in [0.4, 0.5) is 5.69 Å². The van der Waals surface area contributed by atoms with E-state index in [1.807, 2.05) is 20.9 Å². The van der Waals surface area contributed by atoms with Gasteiger partial charge >= 0.3 is 0 Å². The van der Waals surface area contributed by atoms with E-state index >= 15 is 0 Å². The van der Waals surface area contributed by atoms with Crippen molar-refractivity contribution in [3.05, 3.63) is 47.0 Å². The van der Waals surface area contributed by atoms with Crippen LogP contribution in [-0.2, 0) is 4.79 Å². The molecule has 0 bridgehead atoms. The highest BCUT2D eigenvalue weighted by Gasteiger charge is 2.41. The lowest BCUT2D eigenvalue weighted by atomic mass is 9.87. The average Bonchev–Trinajstić information content (AvgIpc) is 2.66. The van der Waals surface area contributed by atoms with E-state index in [9.17, 15) is 9.90 Å². The number of amides is 1. The minimum absolute atomic E-state index is 0.0562. The van der Waals surface area contributed by atoms with Crippen LogP contribution < -0.4 is 9.64 Å². The summed E-state index contributed by atoms with van der Waals surface area (Å²) in [6.45, 7) is 10.1. The lowest BCUT2D eigenvalue weighted by molar-refractivity contribution is -0.132. The number of anilines is 1. The Morgan fingerprint density at radius 2 is 1.89 bits per heavy atom. The van der Waals surface area contributed by atoms with Gasteiger partial charge in [-0.25, -0.2) is 0 Å². The van der Waals surface area contributed by atoms with Crippen molar-refractivity contribution in [3.8, 4) is 16.9 Å². The van der Waals surface area contributed by atoms with Crippen molar-refractivity contribution in [3.63, 3.8) is 0 Å². The molecule has 0 fully saturated rings. The summed E-state index contributed by atoms with van der Waals surface area (Å²) in [4.78, 5) is 14.5. The summed E-state index contributed by atoms with van der Waals surface area (Å²) in [5.74, 6) is 0.877. The van der Waals surface area contributed by atoms with Crippen molar-refractivity contribution in [2.45, 2.75) is 59.0 Å². The van der Waals surface area contributed by atoms with Crippen molar-refractivity contribution in [2.24, 2.45) is 0 Å². The van der Waals surface area contributed by atoms with E-state index in [-0.39, 0.29) is 18.4 Å². The number of ether oxygens (including phenoxy) is 1. The molecule has 4 nitrogen and oxygen atoms in total. The number of benzene rings is 2. The molecule has 4 heteroatoms. The molecule has 28 heavy (non-hydrogen) atoms. The summed E-state index contributed by atoms with van der Waals surface area (Å²) in [5.41, 5.74) is 5.59. The maximum absolute atomic E-state index is 12.8. The highest BCUT2D eigenvalue weighted by molar-refractivity contribution is 6.03. The van der Waals surface area contributed by atoms with Crippen LogP contribution in [0, 0.1) is 13.8 Å². The zero-order chi connectivity index (χ0) is 20.6. The van der Waals surface area contributed by atoms with E-state index in [0.717, 1.165) is 34.5 Å². The molecule has 2 aromatic carbocycles. The molecule has 0 aliphatic carbocycles. The maximum Gasteiger partial charge on any atom is 0.270 e. The van der Waals surface area contributed by atoms with Crippen LogP contribution in [-0.4, -0.2) is 30.3 Å². The molecule has 0 saturated heterocycles. The van der Waals surface area contributed by atoms with E-state index in [2.05, 4.69) is 51.1 Å². The average molecular weight is 382 g/mol. The molecule has 0 radical (unpaired) electrons. The Morgan fingerprint density at radius 3 is 2.54 bits per heavy atom. The molecule has 0 saturated carbocycles. The van der Waals surface area contributed by atoms with E-state index in [0.29, 0.717) is 6.42 Å². The number of carbonyl (C=O) groups excluding carboxylic acids is 1. The second kappa shape index (κ2) is 7.59. The summed E-state index contributed by atoms with van der Waals surface area (Å²) < 4.78 is 6.23. The van der Waals surface area contributed by atoms with Crippen molar-refractivity contribution in [2.75, 3.05) is 18.6 Å². The third-order valence-electron chi connectivity index (χ3n) is 5.75. The number of aliphatic hydroxyl groups is 1. The molecule has 1 heterocycles. The van der Waals surface area contributed by atoms with Crippen molar-refractivity contribution < 1.29 is 14.6 Å². The van der Waals surface area contributed by atoms with Crippen LogP contribution in [0.3, 0.4) is 0 Å². The zero-order valence-electron chi connectivity index (χ0n) is 17.8. The molecule has 1 aliphatic rings. The molecule has 0 aromatic heterocycles. The fourth-order valence-electron chi connectivity index (χ4n) is 4.05. The Bertz CT molecular complexity index is 901. The fourth-order valence-corrected chi connectivity index (χ4v) is 4.05. The minimum atomic E-state index is -0.908. The largest absolute Gasteiger partial charge is 0.476 e. The zero-order valence-corrected chi connectivity index (χ0v) is 17.8. The summed E-state index contributed by atoms with van der Waals surface area (Å²) in [6, 6.07) is 10.7. The number of hydrogen-bond acceptors (Lipinski definition) is 3. The number of fused-ring (bicyclic) bond motifs is 1. The number of nitrogens with zero attached hydrogens (tertiary/aromatic N) is 1. The monoisotopic (exact) mass is 381 g/mol. The van der Waals surface area contributed by atoms with Gasteiger partial charge in [0.2, 0.25) is 0 Å². The second-order valence-corrected chi connectivity index (χ2v) is 8.33. The summed E-state index contributed by atoms with van der Waals surface area (Å²) in [7, 11) is 1.81. The number of rotatable bonds is 5. The van der Waals surface area contributed by atoms with Crippen molar-refractivity contribution in [1.82, 2.24) is 0 Å². The van der Waals surface area contributed by atoms with Gasteiger partial charge in [-0.15, -0.1) is 0 Å². The number of aryl methyl sites for hydroxylation is 2. The Morgan fingerprint density at radius 1 is 1.18 bits per heavy atom. The van der Waals surface area contributed by atoms with E-state index < -0.39 is 5.60 Å². The quantitative estimate of drug-likeness (QED) is 0.795. The van der Waals surface area contributed by atoms with Crippen LogP contribution in [0.2, 0.25) is 0 Å². The smallest absolute Gasteiger partial charge is 0.270 e. The van der Waals surface area contributed by atoms with Gasteiger partial charge in [-0.2, -0.15) is 0 Å². The molecule has 1 unspecified atom stereocenters. The van der Waals surface area contributed by atoms with Crippen molar-refractivity contribution in [1.29, 1.82) is 0 Å². The Hall–Kier alpha value is -2.33. The van der Waals surface area contributed by atoms with Gasteiger partial charge in [-0.3, -0.25) is 4.79 Å². The van der Waals surface area contributed by atoms with Gasteiger partial charge in [0.25, 0.3) is 5.91 Å². The molecule has 0 spiro atoms. The van der Waals surface area contributed by atoms with Gasteiger partial charge in [0.05, 0.1) is 5.69 Å². The molecule has 3 rings (SSSR count). The number of carbonyl (C=O) groups is 1. The Balaban J connectivity index is 2.28. The predicted octanol–water partition coefficient (Wildman–Crippen LogP) is 4.98. The Labute approximate surface area is 168 Å². The highest BCUT2D eigenvalue weighted by atomic mass is 16.5. The fraction of sp³-hybridized carbons (Fsp3) is 0.458. The normalized spacial score (nSPS) is 16.5. The van der Waals surface area contributed by atoms with Gasteiger partial charge in [0.15, 0.2) is 5.60 Å². The molecule has 2 aromatic rings. The van der Waals surface area contributed by atoms with Gasteiger partial charge < -0.3 is 14.7 Å². The number of aliphatic hydroxyl groups excluding tert-OH is 1. The van der Waals surface area contributed by atoms with Crippen LogP contribution >= 0.6 is 0 Å². The standard InChI is InChI=1S/C24H31NO3/c1-7-17(10-11-26)20-13-18(19-12-15(2)8-9-16(19)3)14-21-22(20)28-24(4,5)23(27)25(21)6/h8-9,12-14,17,26H,7,10-11H2,1-6H3. The molecular formula is C24H31NO3. The lowest BCUT2D eigenvalue weighted by Gasteiger charge is -2.39. The first-order valence-electron chi connectivity index (χ1n) is 10.0. The van der Waals surface area contributed by atoms with E-state index in [1.165, 1.54) is 11.1 Å². The van der Waals surface area contributed by atoms with Crippen molar-refractivity contribution >= 4 is 11.6 Å². The molecular weight excluding hydrogens is 350 g/mol. The first-order chi connectivity index (χ1) is 13.2. The van der Waals surface area contributed by atoms with E-state index in [1.54, 1.807) is 4.90 Å². The third kappa shape index (κ3) is 3.53. The molecule has 150 valence electrons. The highest BCUT2D eigenvalue weighted by Crippen LogP contribution is 2.46. The lowest BCUT2D eigenvalue weighted by Crippen LogP contribution is -2.51. The number of likely N-dealkylation sites (N-methyl/N-ethyl adjacent to an activating group) is 1. The third-order valence-corrected chi connectivity index (χ3v) is 5.75. The molecule has 1 N–H and O–H groups in total. The van der Waals surface area contributed by atoms with Crippen LogP contribution in [0.25, 0.3) is 11.1 Å². The summed E-state index contributed by atoms with van der Waals surface area (Å²) in [5, 5.41) is 9.59. The summed E-state index contributed by atoms with van der Waals surface area (Å²) in [6.07, 6.45) is 1.56. The molecule has 1 aliphatic heterocycles. The number of hydrogen-bond donors (Lipinski definition) is 1. The minimum Gasteiger partial charge on any atom is -0.476 e. The topological polar surface area (TPSA) is 49.8 Å². The van der Waals surface area contributed by atoms with Gasteiger partial charge in [-0.05, 0) is 75.3 Å². The van der Waals surface area contributed by atoms with Crippen LogP contribution in [0.5, 0.6) is 5.75 Å². The Kier molecular flexibility index (Phi) is 5.53. The molecule has 1 amide bonds. The second-order valence-electron chi connectivity index (χ2n) is 8.33. The predicted molar refractivity (Wildman–Crippen MR) is 114 cm³/mol. The van der Waals surface area contributed by atoms with Crippen LogP contribution in [0.15, 0.2) is 30.3 Å². The maximum atomic E-state index is 12.8. The van der Waals surface area contributed by atoms with E-state index in [4.69, 9.17) is 4.74 Å². The SMILES string of the molecule is CCC(CCO)c1cc(-c2cc(C)ccc2C)cc2c1OC(C)(C)C(=O)N2C.